The van der Waals surface area contributed by atoms with Crippen molar-refractivity contribution < 1.29 is 9.18 Å². The number of nitrogens with zero attached hydrogens (tertiary/aromatic N) is 5. The summed E-state index contributed by atoms with van der Waals surface area (Å²) in [6.07, 6.45) is 3.67. The van der Waals surface area contributed by atoms with Crippen LogP contribution in [0.4, 0.5) is 21.6 Å². The number of carbonyl (C=O) groups is 1. The molecule has 1 atom stereocenters. The van der Waals surface area contributed by atoms with Crippen LogP contribution in [-0.4, -0.2) is 46.7 Å². The predicted octanol–water partition coefficient (Wildman–Crippen LogP) is 2.93. The summed E-state index contributed by atoms with van der Waals surface area (Å²) in [6, 6.07) is 7.32. The summed E-state index contributed by atoms with van der Waals surface area (Å²) >= 11 is 1.33. The SMILES string of the molecule is Nc1cccc(N2CCc3nc(-c4cnc(N5CCC(F)C5)cn4)sc3C2=O)c1. The van der Waals surface area contributed by atoms with E-state index < -0.39 is 6.17 Å². The minimum Gasteiger partial charge on any atom is -0.399 e. The molecule has 148 valence electrons. The molecule has 2 N–H and O–H groups in total. The maximum atomic E-state index is 13.4. The summed E-state index contributed by atoms with van der Waals surface area (Å²) in [5.74, 6) is 0.593. The molecule has 7 nitrogen and oxygen atoms in total. The number of aromatic nitrogens is 3. The van der Waals surface area contributed by atoms with E-state index in [1.807, 2.05) is 17.0 Å². The number of hydrogen-bond donors (Lipinski definition) is 1. The number of carbonyl (C=O) groups excluding carboxylic acids is 1. The maximum Gasteiger partial charge on any atom is 0.270 e. The van der Waals surface area contributed by atoms with Crippen molar-refractivity contribution in [2.24, 2.45) is 0 Å². The number of halogens is 1. The Balaban J connectivity index is 1.39. The first-order valence-corrected chi connectivity index (χ1v) is 10.3. The molecule has 1 saturated heterocycles. The first-order valence-electron chi connectivity index (χ1n) is 9.47. The first-order chi connectivity index (χ1) is 14.1. The van der Waals surface area contributed by atoms with Gasteiger partial charge in [-0.1, -0.05) is 6.07 Å². The lowest BCUT2D eigenvalue weighted by Gasteiger charge is -2.26. The average molecular weight is 410 g/mol. The van der Waals surface area contributed by atoms with Crippen molar-refractivity contribution >= 4 is 34.4 Å². The lowest BCUT2D eigenvalue weighted by molar-refractivity contribution is 0.0984. The zero-order valence-electron chi connectivity index (χ0n) is 15.6. The number of benzene rings is 1. The lowest BCUT2D eigenvalue weighted by atomic mass is 10.1. The van der Waals surface area contributed by atoms with E-state index in [4.69, 9.17) is 5.73 Å². The monoisotopic (exact) mass is 410 g/mol. The van der Waals surface area contributed by atoms with E-state index >= 15 is 0 Å². The Morgan fingerprint density at radius 3 is 2.83 bits per heavy atom. The number of nitrogens with two attached hydrogens (primary N) is 1. The molecule has 1 fully saturated rings. The molecule has 3 aromatic rings. The molecule has 0 bridgehead atoms. The van der Waals surface area contributed by atoms with Crippen molar-refractivity contribution in [3.8, 4) is 10.7 Å². The summed E-state index contributed by atoms with van der Waals surface area (Å²) in [5, 5.41) is 0.668. The Morgan fingerprint density at radius 2 is 2.10 bits per heavy atom. The van der Waals surface area contributed by atoms with E-state index in [0.29, 0.717) is 59.6 Å². The number of alkyl halides is 1. The van der Waals surface area contributed by atoms with E-state index in [0.717, 1.165) is 11.4 Å². The van der Waals surface area contributed by atoms with Crippen LogP contribution < -0.4 is 15.5 Å². The van der Waals surface area contributed by atoms with E-state index in [1.54, 1.807) is 29.4 Å². The molecule has 1 aromatic carbocycles. The van der Waals surface area contributed by atoms with Crippen LogP contribution in [0.3, 0.4) is 0 Å². The highest BCUT2D eigenvalue weighted by molar-refractivity contribution is 7.17. The van der Waals surface area contributed by atoms with Gasteiger partial charge in [-0.05, 0) is 24.6 Å². The van der Waals surface area contributed by atoms with Crippen molar-refractivity contribution in [2.45, 2.75) is 19.0 Å². The van der Waals surface area contributed by atoms with Crippen molar-refractivity contribution in [1.29, 1.82) is 0 Å². The van der Waals surface area contributed by atoms with E-state index in [9.17, 15) is 9.18 Å². The molecule has 0 aliphatic carbocycles. The molecule has 4 heterocycles. The van der Waals surface area contributed by atoms with Crippen LogP contribution in [0.2, 0.25) is 0 Å². The van der Waals surface area contributed by atoms with Crippen molar-refractivity contribution in [2.75, 3.05) is 35.2 Å². The molecule has 2 aliphatic rings. The van der Waals surface area contributed by atoms with Gasteiger partial charge in [0.1, 0.15) is 27.6 Å². The standard InChI is InChI=1S/C20H19FN6OS/c21-12-4-6-26(11-12)17-10-23-16(9-24-17)19-25-15-5-7-27(20(28)18(15)29-19)14-3-1-2-13(22)8-14/h1-3,8-10,12H,4-7,11,22H2. The summed E-state index contributed by atoms with van der Waals surface area (Å²) < 4.78 is 13.4. The Labute approximate surface area is 171 Å². The third kappa shape index (κ3) is 3.31. The molecule has 1 amide bonds. The molecular formula is C20H19FN6OS. The van der Waals surface area contributed by atoms with Gasteiger partial charge in [-0.2, -0.15) is 0 Å². The summed E-state index contributed by atoms with van der Waals surface area (Å²) in [6.45, 7) is 1.56. The van der Waals surface area contributed by atoms with Gasteiger partial charge in [0.2, 0.25) is 0 Å². The number of rotatable bonds is 3. The average Bonchev–Trinajstić information content (AvgIpc) is 3.35. The minimum atomic E-state index is -0.809. The Morgan fingerprint density at radius 1 is 1.21 bits per heavy atom. The smallest absolute Gasteiger partial charge is 0.270 e. The third-order valence-corrected chi connectivity index (χ3v) is 6.31. The van der Waals surface area contributed by atoms with Gasteiger partial charge in [-0.25, -0.2) is 19.3 Å². The Kier molecular flexibility index (Phi) is 4.39. The third-order valence-electron chi connectivity index (χ3n) is 5.20. The van der Waals surface area contributed by atoms with E-state index in [-0.39, 0.29) is 5.91 Å². The van der Waals surface area contributed by atoms with Crippen molar-refractivity contribution in [3.63, 3.8) is 0 Å². The number of hydrogen-bond acceptors (Lipinski definition) is 7. The fraction of sp³-hybridized carbons (Fsp3) is 0.300. The van der Waals surface area contributed by atoms with Gasteiger partial charge in [0.25, 0.3) is 5.91 Å². The van der Waals surface area contributed by atoms with Crippen LogP contribution in [0.5, 0.6) is 0 Å². The van der Waals surface area contributed by atoms with Crippen LogP contribution in [0.15, 0.2) is 36.7 Å². The number of thiazole rings is 1. The van der Waals surface area contributed by atoms with Crippen LogP contribution in [0.25, 0.3) is 10.7 Å². The van der Waals surface area contributed by atoms with Gasteiger partial charge in [0.15, 0.2) is 0 Å². The molecule has 0 saturated carbocycles. The minimum absolute atomic E-state index is 0.0729. The second-order valence-electron chi connectivity index (χ2n) is 7.19. The van der Waals surface area contributed by atoms with Crippen molar-refractivity contribution in [1.82, 2.24) is 15.0 Å². The number of anilines is 3. The summed E-state index contributed by atoms with van der Waals surface area (Å²) in [4.78, 5) is 30.8. The topological polar surface area (TPSA) is 88.2 Å². The summed E-state index contributed by atoms with van der Waals surface area (Å²) in [7, 11) is 0. The quantitative estimate of drug-likeness (QED) is 0.668. The number of amides is 1. The number of fused-ring (bicyclic) bond motifs is 1. The van der Waals surface area contributed by atoms with Crippen LogP contribution in [0, 0.1) is 0 Å². The largest absolute Gasteiger partial charge is 0.399 e. The lowest BCUT2D eigenvalue weighted by Crippen LogP contribution is -2.36. The Bertz CT molecular complexity index is 1070. The molecule has 5 rings (SSSR count). The second-order valence-corrected chi connectivity index (χ2v) is 8.19. The highest BCUT2D eigenvalue weighted by atomic mass is 32.1. The maximum absolute atomic E-state index is 13.4. The predicted molar refractivity (Wildman–Crippen MR) is 111 cm³/mol. The van der Waals surface area contributed by atoms with Gasteiger partial charge in [-0.15, -0.1) is 11.3 Å². The molecule has 2 aliphatic heterocycles. The fourth-order valence-corrected chi connectivity index (χ4v) is 4.72. The molecule has 1 unspecified atom stereocenters. The molecular weight excluding hydrogens is 391 g/mol. The van der Waals surface area contributed by atoms with E-state index in [2.05, 4.69) is 15.0 Å². The van der Waals surface area contributed by atoms with Crippen LogP contribution in [-0.2, 0) is 6.42 Å². The van der Waals surface area contributed by atoms with Gasteiger partial charge >= 0.3 is 0 Å². The molecule has 2 aromatic heterocycles. The van der Waals surface area contributed by atoms with Gasteiger partial charge in [-0.3, -0.25) is 4.79 Å². The normalized spacial score (nSPS) is 18.9. The zero-order valence-corrected chi connectivity index (χ0v) is 16.4. The van der Waals surface area contributed by atoms with Crippen molar-refractivity contribution in [3.05, 3.63) is 47.2 Å². The molecule has 29 heavy (non-hydrogen) atoms. The number of nitrogen functional groups attached to an aromatic ring is 1. The van der Waals surface area contributed by atoms with Crippen LogP contribution in [0.1, 0.15) is 21.8 Å². The Hall–Kier alpha value is -3.07. The van der Waals surface area contributed by atoms with Gasteiger partial charge < -0.3 is 15.5 Å². The fourth-order valence-electron chi connectivity index (χ4n) is 3.70. The first kappa shape index (κ1) is 18.0. The van der Waals surface area contributed by atoms with Crippen LogP contribution >= 0.6 is 11.3 Å². The van der Waals surface area contributed by atoms with Gasteiger partial charge in [0, 0.05) is 30.9 Å². The van der Waals surface area contributed by atoms with E-state index in [1.165, 1.54) is 11.3 Å². The van der Waals surface area contributed by atoms with Gasteiger partial charge in [0.05, 0.1) is 24.6 Å². The molecule has 0 spiro atoms. The highest BCUT2D eigenvalue weighted by Gasteiger charge is 2.30. The summed E-state index contributed by atoms with van der Waals surface area (Å²) in [5.41, 5.74) is 8.69. The second kappa shape index (κ2) is 7.07. The highest BCUT2D eigenvalue weighted by Crippen LogP contribution is 2.33. The molecule has 9 heteroatoms. The molecule has 0 radical (unpaired) electrons. The zero-order chi connectivity index (χ0) is 20.0.